The summed E-state index contributed by atoms with van der Waals surface area (Å²) in [6.07, 6.45) is 0. The highest BCUT2D eigenvalue weighted by atomic mass is 35.5. The first-order valence-electron chi connectivity index (χ1n) is 6.45. The summed E-state index contributed by atoms with van der Waals surface area (Å²) in [6, 6.07) is 4.70. The van der Waals surface area contributed by atoms with E-state index in [0.717, 1.165) is 4.88 Å². The van der Waals surface area contributed by atoms with Crippen molar-refractivity contribution in [1.29, 1.82) is 0 Å². The summed E-state index contributed by atoms with van der Waals surface area (Å²) in [4.78, 5) is 5.06. The quantitative estimate of drug-likeness (QED) is 0.547. The van der Waals surface area contributed by atoms with Crippen LogP contribution in [0.4, 0.5) is 5.13 Å². The van der Waals surface area contributed by atoms with Gasteiger partial charge in [-0.2, -0.15) is 0 Å². The van der Waals surface area contributed by atoms with Gasteiger partial charge in [0, 0.05) is 10.4 Å². The highest BCUT2D eigenvalue weighted by Gasteiger charge is 2.23. The molecular formula is C14H9Cl3N2O2S3. The lowest BCUT2D eigenvalue weighted by molar-refractivity contribution is 0.600. The van der Waals surface area contributed by atoms with Crippen molar-refractivity contribution in [3.05, 3.63) is 49.6 Å². The third kappa shape index (κ3) is 3.56. The molecule has 3 rings (SSSR count). The van der Waals surface area contributed by atoms with E-state index >= 15 is 0 Å². The van der Waals surface area contributed by atoms with Gasteiger partial charge >= 0.3 is 0 Å². The second-order valence-corrected chi connectivity index (χ2v) is 9.42. The van der Waals surface area contributed by atoms with Gasteiger partial charge in [-0.05, 0) is 36.1 Å². The number of anilines is 1. The van der Waals surface area contributed by atoms with Gasteiger partial charge in [0.1, 0.15) is 4.90 Å². The number of aromatic nitrogens is 1. The Morgan fingerprint density at radius 1 is 1.12 bits per heavy atom. The van der Waals surface area contributed by atoms with Gasteiger partial charge in [0.25, 0.3) is 10.0 Å². The smallest absolute Gasteiger partial charge is 0.255 e. The third-order valence-corrected chi connectivity index (χ3v) is 7.46. The van der Waals surface area contributed by atoms with Crippen LogP contribution in [-0.4, -0.2) is 13.4 Å². The lowest BCUT2D eigenvalue weighted by atomic mass is 10.2. The minimum absolute atomic E-state index is 0.0144. The van der Waals surface area contributed by atoms with Crippen LogP contribution in [0, 0.1) is 6.92 Å². The number of nitrogens with zero attached hydrogens (tertiary/aromatic N) is 1. The number of benzene rings is 1. The first kappa shape index (κ1) is 18.0. The molecule has 4 nitrogen and oxygen atoms in total. The van der Waals surface area contributed by atoms with E-state index in [1.807, 2.05) is 5.38 Å². The van der Waals surface area contributed by atoms with Crippen molar-refractivity contribution in [2.45, 2.75) is 11.8 Å². The number of rotatable bonds is 4. The maximum absolute atomic E-state index is 12.6. The van der Waals surface area contributed by atoms with Crippen LogP contribution in [0.25, 0.3) is 10.6 Å². The van der Waals surface area contributed by atoms with E-state index in [1.54, 1.807) is 24.4 Å². The number of thiophene rings is 1. The second kappa shape index (κ2) is 6.82. The molecule has 0 aliphatic heterocycles. The number of thiazole rings is 1. The SMILES string of the molecule is Cc1cc(Cl)cc(Cl)c1S(=O)(=O)Nc1nc(-c2sccc2Cl)cs1. The van der Waals surface area contributed by atoms with E-state index in [4.69, 9.17) is 34.8 Å². The van der Waals surface area contributed by atoms with Crippen LogP contribution in [0.1, 0.15) is 5.56 Å². The van der Waals surface area contributed by atoms with Crippen LogP contribution in [-0.2, 0) is 10.0 Å². The number of nitrogens with one attached hydrogen (secondary N) is 1. The minimum Gasteiger partial charge on any atom is -0.255 e. The normalized spacial score (nSPS) is 11.7. The maximum Gasteiger partial charge on any atom is 0.265 e. The van der Waals surface area contributed by atoms with E-state index < -0.39 is 10.0 Å². The van der Waals surface area contributed by atoms with Gasteiger partial charge in [0.05, 0.1) is 20.6 Å². The van der Waals surface area contributed by atoms with E-state index in [9.17, 15) is 8.42 Å². The predicted molar refractivity (Wildman–Crippen MR) is 102 cm³/mol. The Morgan fingerprint density at radius 3 is 2.50 bits per heavy atom. The summed E-state index contributed by atoms with van der Waals surface area (Å²) in [7, 11) is -3.88. The molecule has 1 aromatic carbocycles. The summed E-state index contributed by atoms with van der Waals surface area (Å²) in [5, 5.41) is 4.84. The van der Waals surface area contributed by atoms with Gasteiger partial charge in [-0.25, -0.2) is 13.4 Å². The Balaban J connectivity index is 1.94. The molecular weight excluding hydrogens is 431 g/mol. The summed E-state index contributed by atoms with van der Waals surface area (Å²) < 4.78 is 27.7. The molecule has 0 spiro atoms. The number of aryl methyl sites for hydroxylation is 1. The molecule has 24 heavy (non-hydrogen) atoms. The van der Waals surface area contributed by atoms with Crippen LogP contribution in [0.3, 0.4) is 0 Å². The standard InChI is InChI=1S/C14H9Cl3N2O2S3/c1-7-4-8(15)5-10(17)13(7)24(20,21)19-14-18-11(6-23-14)12-9(16)2-3-22-12/h2-6H,1H3,(H,18,19). The van der Waals surface area contributed by atoms with Gasteiger partial charge in [0.15, 0.2) is 5.13 Å². The third-order valence-electron chi connectivity index (χ3n) is 3.04. The lowest BCUT2D eigenvalue weighted by Crippen LogP contribution is -2.14. The largest absolute Gasteiger partial charge is 0.265 e. The second-order valence-electron chi connectivity index (χ2n) is 4.77. The Kier molecular flexibility index (Phi) is 5.11. The summed E-state index contributed by atoms with van der Waals surface area (Å²) >= 11 is 20.6. The molecule has 0 saturated carbocycles. The van der Waals surface area contributed by atoms with Crippen molar-refractivity contribution in [1.82, 2.24) is 4.98 Å². The molecule has 0 radical (unpaired) electrons. The van der Waals surface area contributed by atoms with Crippen LogP contribution < -0.4 is 4.72 Å². The fraction of sp³-hybridized carbons (Fsp3) is 0.0714. The van der Waals surface area contributed by atoms with Gasteiger partial charge < -0.3 is 0 Å². The molecule has 2 heterocycles. The summed E-state index contributed by atoms with van der Waals surface area (Å²) in [6.45, 7) is 1.63. The van der Waals surface area contributed by atoms with Gasteiger partial charge in [0.2, 0.25) is 0 Å². The molecule has 126 valence electrons. The molecule has 0 aliphatic carbocycles. The van der Waals surface area contributed by atoms with Crippen LogP contribution in [0.2, 0.25) is 15.1 Å². The average Bonchev–Trinajstić information content (AvgIpc) is 3.05. The van der Waals surface area contributed by atoms with Crippen molar-refractivity contribution >= 4 is 72.6 Å². The first-order chi connectivity index (χ1) is 11.3. The van der Waals surface area contributed by atoms with E-state index in [1.165, 1.54) is 28.7 Å². The first-order valence-corrected chi connectivity index (χ1v) is 10.8. The van der Waals surface area contributed by atoms with Crippen LogP contribution in [0.15, 0.2) is 33.9 Å². The number of hydrogen-bond acceptors (Lipinski definition) is 5. The van der Waals surface area contributed by atoms with Crippen molar-refractivity contribution in [3.63, 3.8) is 0 Å². The molecule has 10 heteroatoms. The number of sulfonamides is 1. The van der Waals surface area contributed by atoms with Crippen molar-refractivity contribution < 1.29 is 8.42 Å². The van der Waals surface area contributed by atoms with Crippen LogP contribution >= 0.6 is 57.5 Å². The fourth-order valence-corrected chi connectivity index (χ4v) is 6.43. The average molecular weight is 440 g/mol. The summed E-state index contributed by atoms with van der Waals surface area (Å²) in [5.41, 5.74) is 1.08. The Hall–Kier alpha value is -0.830. The molecule has 2 aromatic heterocycles. The molecule has 3 aromatic rings. The van der Waals surface area contributed by atoms with Gasteiger partial charge in [-0.15, -0.1) is 22.7 Å². The lowest BCUT2D eigenvalue weighted by Gasteiger charge is -2.10. The fourth-order valence-electron chi connectivity index (χ4n) is 2.10. The molecule has 1 N–H and O–H groups in total. The monoisotopic (exact) mass is 438 g/mol. The Bertz CT molecular complexity index is 989. The van der Waals surface area contributed by atoms with Crippen molar-refractivity contribution in [2.24, 2.45) is 0 Å². The van der Waals surface area contributed by atoms with Crippen molar-refractivity contribution in [2.75, 3.05) is 4.72 Å². The highest BCUT2D eigenvalue weighted by molar-refractivity contribution is 7.93. The molecule has 0 amide bonds. The Morgan fingerprint density at radius 2 is 1.88 bits per heavy atom. The maximum atomic E-state index is 12.6. The highest BCUT2D eigenvalue weighted by Crippen LogP contribution is 2.36. The number of hydrogen-bond donors (Lipinski definition) is 1. The van der Waals surface area contributed by atoms with Gasteiger partial charge in [-0.3, -0.25) is 4.72 Å². The minimum atomic E-state index is -3.88. The molecule has 0 atom stereocenters. The Labute approximate surface area is 162 Å². The zero-order chi connectivity index (χ0) is 17.5. The van der Waals surface area contributed by atoms with E-state index in [-0.39, 0.29) is 15.0 Å². The molecule has 0 bridgehead atoms. The molecule has 0 unspecified atom stereocenters. The molecule has 0 fully saturated rings. The summed E-state index contributed by atoms with van der Waals surface area (Å²) in [5.74, 6) is 0. The van der Waals surface area contributed by atoms with E-state index in [2.05, 4.69) is 9.71 Å². The van der Waals surface area contributed by atoms with E-state index in [0.29, 0.717) is 21.3 Å². The van der Waals surface area contributed by atoms with Crippen LogP contribution in [0.5, 0.6) is 0 Å². The zero-order valence-electron chi connectivity index (χ0n) is 12.0. The topological polar surface area (TPSA) is 59.1 Å². The predicted octanol–water partition coefficient (Wildman–Crippen LogP) is 5.94. The number of halogens is 3. The zero-order valence-corrected chi connectivity index (χ0v) is 16.7. The van der Waals surface area contributed by atoms with Gasteiger partial charge in [-0.1, -0.05) is 34.8 Å². The van der Waals surface area contributed by atoms with Crippen molar-refractivity contribution in [3.8, 4) is 10.6 Å². The molecule has 0 saturated heterocycles. The molecule has 0 aliphatic rings.